The minimum absolute atomic E-state index is 0.0867. The Hall–Kier alpha value is -1.96. The number of anilines is 2. The number of aromatic nitrogens is 3. The smallest absolute Gasteiger partial charge is 0.214 e. The van der Waals surface area contributed by atoms with Gasteiger partial charge in [0.1, 0.15) is 5.82 Å². The highest BCUT2D eigenvalue weighted by Crippen LogP contribution is 2.33. The van der Waals surface area contributed by atoms with Gasteiger partial charge in [-0.2, -0.15) is 0 Å². The van der Waals surface area contributed by atoms with Gasteiger partial charge in [-0.05, 0) is 35.7 Å². The van der Waals surface area contributed by atoms with E-state index in [0.29, 0.717) is 0 Å². The number of rotatable bonds is 3. The van der Waals surface area contributed by atoms with Crippen molar-refractivity contribution in [2.24, 2.45) is 0 Å². The molecule has 0 bridgehead atoms. The van der Waals surface area contributed by atoms with Crippen molar-refractivity contribution < 1.29 is 4.39 Å². The fourth-order valence-electron chi connectivity index (χ4n) is 2.23. The van der Waals surface area contributed by atoms with Crippen LogP contribution in [0, 0.1) is 5.82 Å². The maximum absolute atomic E-state index is 13.3. The second-order valence-electron chi connectivity index (χ2n) is 4.86. The molecule has 0 unspecified atom stereocenters. The fraction of sp³-hybridized carbons (Fsp3) is 0.0667. The van der Waals surface area contributed by atoms with E-state index in [1.54, 1.807) is 34.2 Å². The number of hydrogen-bond acceptors (Lipinski definition) is 5. The summed E-state index contributed by atoms with van der Waals surface area (Å²) in [6.07, 6.45) is 1.72. The number of benzene rings is 1. The molecular formula is C15H10ClFN4S2. The van der Waals surface area contributed by atoms with Crippen molar-refractivity contribution in [3.63, 3.8) is 0 Å². The Labute approximate surface area is 144 Å². The third-order valence-electron chi connectivity index (χ3n) is 3.41. The zero-order valence-corrected chi connectivity index (χ0v) is 14.3. The van der Waals surface area contributed by atoms with Gasteiger partial charge in [-0.1, -0.05) is 22.9 Å². The van der Waals surface area contributed by atoms with E-state index < -0.39 is 5.82 Å². The van der Waals surface area contributed by atoms with Gasteiger partial charge in [-0.3, -0.25) is 0 Å². The van der Waals surface area contributed by atoms with E-state index in [2.05, 4.69) is 10.1 Å². The van der Waals surface area contributed by atoms with Crippen LogP contribution in [0.3, 0.4) is 0 Å². The summed E-state index contributed by atoms with van der Waals surface area (Å²) in [6.45, 7) is 0. The molecule has 3 aromatic heterocycles. The lowest BCUT2D eigenvalue weighted by Crippen LogP contribution is -2.07. The van der Waals surface area contributed by atoms with Gasteiger partial charge in [0.2, 0.25) is 10.1 Å². The second-order valence-corrected chi connectivity index (χ2v) is 7.13. The number of imidazole rings is 1. The highest BCUT2D eigenvalue weighted by atomic mass is 35.5. The summed E-state index contributed by atoms with van der Waals surface area (Å²) in [7, 11) is 1.97. The van der Waals surface area contributed by atoms with Crippen LogP contribution in [-0.4, -0.2) is 21.6 Å². The number of nitrogens with zero attached hydrogens (tertiary/aromatic N) is 4. The molecule has 1 aromatic carbocycles. The van der Waals surface area contributed by atoms with Crippen molar-refractivity contribution in [1.29, 1.82) is 0 Å². The maximum Gasteiger partial charge on any atom is 0.214 e. The fourth-order valence-corrected chi connectivity index (χ4v) is 4.01. The van der Waals surface area contributed by atoms with Crippen LogP contribution in [-0.2, 0) is 0 Å². The predicted octanol–water partition coefficient (Wildman–Crippen LogP) is 5.08. The Balaban J connectivity index is 1.79. The van der Waals surface area contributed by atoms with Crippen LogP contribution in [0.5, 0.6) is 0 Å². The molecule has 0 amide bonds. The van der Waals surface area contributed by atoms with E-state index in [0.717, 1.165) is 26.4 Å². The van der Waals surface area contributed by atoms with Crippen molar-refractivity contribution in [2.45, 2.75) is 0 Å². The number of fused-ring (bicyclic) bond motifs is 1. The standard InChI is InChI=1S/C15H10ClFN4S2/c1-20(13-3-2-6-22-13)15-19-21-12(8-18-14(21)23-15)9-4-5-11(17)10(16)7-9/h2-8H,1H3. The van der Waals surface area contributed by atoms with Crippen molar-refractivity contribution in [3.05, 3.63) is 52.7 Å². The van der Waals surface area contributed by atoms with Gasteiger partial charge in [0.05, 0.1) is 21.9 Å². The largest absolute Gasteiger partial charge is 0.311 e. The summed E-state index contributed by atoms with van der Waals surface area (Å²) < 4.78 is 15.1. The Kier molecular flexibility index (Phi) is 3.56. The third kappa shape index (κ3) is 2.50. The van der Waals surface area contributed by atoms with E-state index in [9.17, 15) is 4.39 Å². The van der Waals surface area contributed by atoms with Crippen LogP contribution in [0.25, 0.3) is 16.2 Å². The second kappa shape index (κ2) is 5.59. The zero-order chi connectivity index (χ0) is 16.0. The molecule has 0 N–H and O–H groups in total. The van der Waals surface area contributed by atoms with Crippen LogP contribution in [0.2, 0.25) is 5.02 Å². The van der Waals surface area contributed by atoms with Gasteiger partial charge >= 0.3 is 0 Å². The summed E-state index contributed by atoms with van der Waals surface area (Å²) in [4.78, 5) is 7.19. The van der Waals surface area contributed by atoms with Crippen LogP contribution in [0.1, 0.15) is 0 Å². The van der Waals surface area contributed by atoms with Crippen LogP contribution in [0.4, 0.5) is 14.5 Å². The molecule has 3 heterocycles. The summed E-state index contributed by atoms with van der Waals surface area (Å²) in [5.74, 6) is -0.437. The van der Waals surface area contributed by atoms with E-state index in [1.807, 2.05) is 29.5 Å². The average Bonchev–Trinajstić information content (AvgIpc) is 3.25. The van der Waals surface area contributed by atoms with Crippen LogP contribution in [0.15, 0.2) is 41.9 Å². The lowest BCUT2D eigenvalue weighted by atomic mass is 10.2. The Morgan fingerprint density at radius 2 is 2.17 bits per heavy atom. The monoisotopic (exact) mass is 364 g/mol. The van der Waals surface area contributed by atoms with E-state index in [1.165, 1.54) is 17.4 Å². The highest BCUT2D eigenvalue weighted by Gasteiger charge is 2.16. The van der Waals surface area contributed by atoms with E-state index in [4.69, 9.17) is 11.6 Å². The molecule has 0 fully saturated rings. The normalized spacial score (nSPS) is 11.3. The van der Waals surface area contributed by atoms with E-state index in [-0.39, 0.29) is 5.02 Å². The Morgan fingerprint density at radius 1 is 1.30 bits per heavy atom. The zero-order valence-electron chi connectivity index (χ0n) is 11.9. The van der Waals surface area contributed by atoms with Crippen LogP contribution < -0.4 is 4.90 Å². The van der Waals surface area contributed by atoms with Crippen molar-refractivity contribution in [3.8, 4) is 11.3 Å². The third-order valence-corrected chi connectivity index (χ3v) is 5.65. The molecule has 116 valence electrons. The number of halogens is 2. The average molecular weight is 365 g/mol. The van der Waals surface area contributed by atoms with Gasteiger partial charge in [0.25, 0.3) is 0 Å². The molecule has 0 aliphatic rings. The van der Waals surface area contributed by atoms with Crippen molar-refractivity contribution in [1.82, 2.24) is 14.6 Å². The SMILES string of the molecule is CN(c1cccs1)c1nn2c(-c3ccc(F)c(Cl)c3)cnc2s1. The van der Waals surface area contributed by atoms with Gasteiger partial charge < -0.3 is 4.90 Å². The lowest BCUT2D eigenvalue weighted by Gasteiger charge is -2.11. The molecule has 8 heteroatoms. The minimum Gasteiger partial charge on any atom is -0.311 e. The van der Waals surface area contributed by atoms with Crippen molar-refractivity contribution >= 4 is 49.4 Å². The number of hydrogen-bond donors (Lipinski definition) is 0. The molecule has 23 heavy (non-hydrogen) atoms. The molecule has 4 nitrogen and oxygen atoms in total. The van der Waals surface area contributed by atoms with Gasteiger partial charge in [0.15, 0.2) is 0 Å². The molecule has 0 aliphatic heterocycles. The molecule has 0 saturated heterocycles. The summed E-state index contributed by atoms with van der Waals surface area (Å²) in [6, 6.07) is 8.65. The molecule has 0 atom stereocenters. The highest BCUT2D eigenvalue weighted by molar-refractivity contribution is 7.21. The molecular weight excluding hydrogens is 355 g/mol. The first kappa shape index (κ1) is 14.6. The van der Waals surface area contributed by atoms with E-state index >= 15 is 0 Å². The van der Waals surface area contributed by atoms with Gasteiger partial charge in [-0.15, -0.1) is 16.4 Å². The summed E-state index contributed by atoms with van der Waals surface area (Å²) in [5.41, 5.74) is 1.56. The molecule has 4 aromatic rings. The summed E-state index contributed by atoms with van der Waals surface area (Å²) >= 11 is 9.01. The Morgan fingerprint density at radius 3 is 2.91 bits per heavy atom. The van der Waals surface area contributed by atoms with Gasteiger partial charge in [0, 0.05) is 12.6 Å². The molecule has 0 saturated carbocycles. The molecule has 4 rings (SSSR count). The molecule has 0 spiro atoms. The minimum atomic E-state index is -0.437. The first-order valence-electron chi connectivity index (χ1n) is 6.71. The van der Waals surface area contributed by atoms with Crippen LogP contribution >= 0.6 is 34.3 Å². The predicted molar refractivity (Wildman–Crippen MR) is 93.7 cm³/mol. The van der Waals surface area contributed by atoms with Crippen molar-refractivity contribution in [2.75, 3.05) is 11.9 Å². The topological polar surface area (TPSA) is 33.4 Å². The number of thiophene rings is 1. The Bertz CT molecular complexity index is 977. The summed E-state index contributed by atoms with van der Waals surface area (Å²) in [5, 5.41) is 8.68. The molecule has 0 radical (unpaired) electrons. The lowest BCUT2D eigenvalue weighted by molar-refractivity contribution is 0.628. The maximum atomic E-state index is 13.3. The van der Waals surface area contributed by atoms with Gasteiger partial charge in [-0.25, -0.2) is 13.9 Å². The first-order valence-corrected chi connectivity index (χ1v) is 8.78. The molecule has 0 aliphatic carbocycles. The first-order chi connectivity index (χ1) is 11.1. The quantitative estimate of drug-likeness (QED) is 0.508.